The second kappa shape index (κ2) is 4.33. The summed E-state index contributed by atoms with van der Waals surface area (Å²) in [7, 11) is -3.33. The molecule has 17 heavy (non-hydrogen) atoms. The van der Waals surface area contributed by atoms with Gasteiger partial charge in [0, 0.05) is 10.5 Å². The lowest BCUT2D eigenvalue weighted by Crippen LogP contribution is -2.38. The van der Waals surface area contributed by atoms with E-state index >= 15 is 0 Å². The Balaban J connectivity index is 1.79. The molecule has 6 heteroatoms. The van der Waals surface area contributed by atoms with Gasteiger partial charge in [-0.2, -0.15) is 0 Å². The Morgan fingerprint density at radius 1 is 1.35 bits per heavy atom. The van der Waals surface area contributed by atoms with Crippen molar-refractivity contribution < 1.29 is 8.42 Å². The zero-order valence-electron chi connectivity index (χ0n) is 9.23. The Kier molecular flexibility index (Phi) is 3.09. The first-order valence-corrected chi connectivity index (χ1v) is 8.97. The van der Waals surface area contributed by atoms with Gasteiger partial charge in [-0.05, 0) is 58.5 Å². The van der Waals surface area contributed by atoms with Crippen LogP contribution in [-0.4, -0.2) is 14.5 Å². The van der Waals surface area contributed by atoms with E-state index in [1.807, 2.05) is 0 Å². The highest BCUT2D eigenvalue weighted by atomic mass is 79.9. The molecule has 0 amide bonds. The van der Waals surface area contributed by atoms with Crippen molar-refractivity contribution in [1.29, 1.82) is 0 Å². The quantitative estimate of drug-likeness (QED) is 0.922. The third-order valence-corrected chi connectivity index (χ3v) is 8.03. The van der Waals surface area contributed by atoms with Crippen molar-refractivity contribution in [3.05, 3.63) is 15.9 Å². The van der Waals surface area contributed by atoms with Gasteiger partial charge in [-0.3, -0.25) is 0 Å². The molecule has 2 aliphatic rings. The zero-order chi connectivity index (χ0) is 12.0. The number of rotatable bonds is 3. The minimum absolute atomic E-state index is 0.160. The molecule has 94 valence electrons. The molecule has 2 aliphatic carbocycles. The van der Waals surface area contributed by atoms with Gasteiger partial charge in [-0.25, -0.2) is 13.1 Å². The van der Waals surface area contributed by atoms with E-state index in [0.717, 1.165) is 12.3 Å². The molecule has 2 bridgehead atoms. The molecule has 1 N–H and O–H groups in total. The summed E-state index contributed by atoms with van der Waals surface area (Å²) in [4.78, 5) is 0. The fraction of sp³-hybridized carbons (Fsp3) is 0.636. The van der Waals surface area contributed by atoms with Gasteiger partial charge in [0.25, 0.3) is 10.0 Å². The Hall–Kier alpha value is 0.0900. The van der Waals surface area contributed by atoms with Crippen LogP contribution in [0.3, 0.4) is 0 Å². The molecule has 3 unspecified atom stereocenters. The van der Waals surface area contributed by atoms with Crippen molar-refractivity contribution in [2.24, 2.45) is 11.8 Å². The van der Waals surface area contributed by atoms with E-state index < -0.39 is 10.0 Å². The van der Waals surface area contributed by atoms with Crippen molar-refractivity contribution in [3.8, 4) is 0 Å². The highest BCUT2D eigenvalue weighted by molar-refractivity contribution is 9.10. The molecule has 3 atom stereocenters. The molecule has 2 fully saturated rings. The largest absolute Gasteiger partial charge is 0.251 e. The molecule has 1 aromatic rings. The lowest BCUT2D eigenvalue weighted by molar-refractivity contribution is 0.390. The fourth-order valence-corrected chi connectivity index (χ4v) is 6.79. The maximum atomic E-state index is 12.2. The molecular formula is C11H14BrNO2S2. The number of hydrogen-bond acceptors (Lipinski definition) is 3. The van der Waals surface area contributed by atoms with E-state index in [1.165, 1.54) is 30.6 Å². The van der Waals surface area contributed by atoms with E-state index in [2.05, 4.69) is 20.7 Å². The van der Waals surface area contributed by atoms with Crippen LogP contribution in [0, 0.1) is 11.8 Å². The highest BCUT2D eigenvalue weighted by Crippen LogP contribution is 2.45. The maximum absolute atomic E-state index is 12.2. The Morgan fingerprint density at radius 2 is 2.18 bits per heavy atom. The van der Waals surface area contributed by atoms with Crippen LogP contribution in [0.4, 0.5) is 0 Å². The van der Waals surface area contributed by atoms with E-state index in [9.17, 15) is 8.42 Å². The van der Waals surface area contributed by atoms with Gasteiger partial charge in [0.2, 0.25) is 0 Å². The van der Waals surface area contributed by atoms with Gasteiger partial charge in [0.15, 0.2) is 0 Å². The lowest BCUT2D eigenvalue weighted by Gasteiger charge is -2.22. The second-order valence-electron chi connectivity index (χ2n) is 4.96. The van der Waals surface area contributed by atoms with Gasteiger partial charge in [-0.1, -0.05) is 6.42 Å². The van der Waals surface area contributed by atoms with Crippen LogP contribution in [0.25, 0.3) is 0 Å². The highest BCUT2D eigenvalue weighted by Gasteiger charge is 2.41. The lowest BCUT2D eigenvalue weighted by atomic mass is 9.96. The molecule has 1 heterocycles. The van der Waals surface area contributed by atoms with Crippen molar-refractivity contribution in [1.82, 2.24) is 4.72 Å². The number of thiophene rings is 1. The molecule has 3 rings (SSSR count). The summed E-state index contributed by atoms with van der Waals surface area (Å²) in [6.45, 7) is 0. The molecule has 0 radical (unpaired) electrons. The smallest absolute Gasteiger partial charge is 0.207 e. The molecule has 0 spiro atoms. The molecule has 0 aliphatic heterocycles. The van der Waals surface area contributed by atoms with E-state index in [1.54, 1.807) is 11.4 Å². The predicted molar refractivity (Wildman–Crippen MR) is 71.6 cm³/mol. The van der Waals surface area contributed by atoms with Crippen LogP contribution >= 0.6 is 27.3 Å². The number of fused-ring (bicyclic) bond motifs is 2. The predicted octanol–water partition coefficient (Wildman–Crippen LogP) is 2.98. The minimum atomic E-state index is -3.33. The average molecular weight is 336 g/mol. The third-order valence-electron chi connectivity index (χ3n) is 3.87. The molecule has 3 nitrogen and oxygen atoms in total. The van der Waals surface area contributed by atoms with Crippen LogP contribution in [0.2, 0.25) is 0 Å². The number of halogens is 1. The summed E-state index contributed by atoms with van der Waals surface area (Å²) in [5, 5.41) is 1.79. The van der Waals surface area contributed by atoms with Gasteiger partial charge in [0.1, 0.15) is 4.21 Å². The van der Waals surface area contributed by atoms with Crippen LogP contribution in [0.1, 0.15) is 25.7 Å². The first-order valence-electron chi connectivity index (χ1n) is 5.81. The number of sulfonamides is 1. The topological polar surface area (TPSA) is 46.2 Å². The third kappa shape index (κ3) is 2.20. The van der Waals surface area contributed by atoms with Crippen molar-refractivity contribution in [2.75, 3.05) is 0 Å². The summed E-state index contributed by atoms with van der Waals surface area (Å²) in [6.07, 6.45) is 4.70. The maximum Gasteiger partial charge on any atom is 0.251 e. The molecule has 0 aromatic carbocycles. The van der Waals surface area contributed by atoms with Crippen molar-refractivity contribution in [2.45, 2.75) is 35.9 Å². The van der Waals surface area contributed by atoms with Crippen molar-refractivity contribution >= 4 is 37.3 Å². The second-order valence-corrected chi connectivity index (χ2v) is 8.64. The normalized spacial score (nSPS) is 32.2. The fourth-order valence-electron chi connectivity index (χ4n) is 3.11. The number of hydrogen-bond donors (Lipinski definition) is 1. The average Bonchev–Trinajstić information content (AvgIpc) is 2.92. The van der Waals surface area contributed by atoms with Crippen molar-refractivity contribution in [3.63, 3.8) is 0 Å². The summed E-state index contributed by atoms with van der Waals surface area (Å²) < 4.78 is 28.4. The first-order chi connectivity index (χ1) is 8.06. The molecular weight excluding hydrogens is 322 g/mol. The summed E-state index contributed by atoms with van der Waals surface area (Å²) in [5.74, 6) is 1.31. The van der Waals surface area contributed by atoms with E-state index in [0.29, 0.717) is 14.6 Å². The standard InChI is InChI=1S/C11H14BrNO2S2/c12-9-3-4-16-11(9)17(14,15)13-10-6-7-1-2-8(10)5-7/h3-4,7-8,10,13H,1-2,5-6H2. The van der Waals surface area contributed by atoms with Crippen LogP contribution in [0.15, 0.2) is 20.1 Å². The van der Waals surface area contributed by atoms with Gasteiger partial charge in [-0.15, -0.1) is 11.3 Å². The Labute approximate surface area is 114 Å². The van der Waals surface area contributed by atoms with Gasteiger partial charge >= 0.3 is 0 Å². The summed E-state index contributed by atoms with van der Waals surface area (Å²) >= 11 is 4.55. The monoisotopic (exact) mass is 335 g/mol. The van der Waals surface area contributed by atoms with Crippen LogP contribution in [-0.2, 0) is 10.0 Å². The Bertz CT molecular complexity index is 525. The number of nitrogens with one attached hydrogen (secondary N) is 1. The van der Waals surface area contributed by atoms with Gasteiger partial charge < -0.3 is 0 Å². The van der Waals surface area contributed by atoms with Gasteiger partial charge in [0.05, 0.1) is 0 Å². The molecule has 2 saturated carbocycles. The zero-order valence-corrected chi connectivity index (χ0v) is 12.4. The van der Waals surface area contributed by atoms with E-state index in [4.69, 9.17) is 0 Å². The summed E-state index contributed by atoms with van der Waals surface area (Å²) in [6, 6.07) is 1.94. The Morgan fingerprint density at radius 3 is 2.71 bits per heavy atom. The molecule has 0 saturated heterocycles. The molecule has 1 aromatic heterocycles. The van der Waals surface area contributed by atoms with Crippen LogP contribution in [0.5, 0.6) is 0 Å². The summed E-state index contributed by atoms with van der Waals surface area (Å²) in [5.41, 5.74) is 0. The van der Waals surface area contributed by atoms with Crippen LogP contribution < -0.4 is 4.72 Å². The SMILES string of the molecule is O=S(=O)(NC1CC2CCC1C2)c1sccc1Br. The minimum Gasteiger partial charge on any atom is -0.207 e. The first kappa shape index (κ1) is 12.1. The van der Waals surface area contributed by atoms with E-state index in [-0.39, 0.29) is 6.04 Å².